The third-order valence-corrected chi connectivity index (χ3v) is 2.56. The summed E-state index contributed by atoms with van der Waals surface area (Å²) in [5, 5.41) is 0.793. The number of hydrogen-bond donors (Lipinski definition) is 1. The highest BCUT2D eigenvalue weighted by molar-refractivity contribution is 5.97. The molecule has 1 aromatic carbocycles. The molecule has 2 aromatic rings. The van der Waals surface area contributed by atoms with Crippen LogP contribution in [0.5, 0.6) is 0 Å². The van der Waals surface area contributed by atoms with Crippen LogP contribution in [0.25, 0.3) is 10.9 Å². The molecule has 0 aliphatic carbocycles. The molecule has 96 valence electrons. The second-order valence-corrected chi connectivity index (χ2v) is 4.06. The predicted octanol–water partition coefficient (Wildman–Crippen LogP) is 2.80. The van der Waals surface area contributed by atoms with Crippen LogP contribution < -0.4 is 0 Å². The van der Waals surface area contributed by atoms with E-state index in [4.69, 9.17) is 0 Å². The van der Waals surface area contributed by atoms with Gasteiger partial charge in [0.25, 0.3) is 5.91 Å². The third kappa shape index (κ3) is 2.64. The quantitative estimate of drug-likeness (QED) is 0.881. The van der Waals surface area contributed by atoms with Gasteiger partial charge in [-0.3, -0.25) is 4.79 Å². The van der Waals surface area contributed by atoms with Crippen molar-refractivity contribution >= 4 is 16.8 Å². The van der Waals surface area contributed by atoms with Crippen molar-refractivity contribution in [2.24, 2.45) is 0 Å². The second-order valence-electron chi connectivity index (χ2n) is 4.06. The Morgan fingerprint density at radius 2 is 2.06 bits per heavy atom. The van der Waals surface area contributed by atoms with Crippen LogP contribution in [-0.4, -0.2) is 35.6 Å². The summed E-state index contributed by atoms with van der Waals surface area (Å²) in [4.78, 5) is 15.4. The number of aromatic amines is 1. The maximum atomic E-state index is 12.2. The Morgan fingerprint density at radius 3 is 2.72 bits per heavy atom. The first-order chi connectivity index (χ1) is 8.37. The Morgan fingerprint density at radius 1 is 1.33 bits per heavy atom. The number of halogens is 3. The van der Waals surface area contributed by atoms with Crippen LogP contribution in [0.1, 0.15) is 10.4 Å². The van der Waals surface area contributed by atoms with Crippen molar-refractivity contribution < 1.29 is 18.0 Å². The van der Waals surface area contributed by atoms with Crippen LogP contribution in [0.15, 0.2) is 30.5 Å². The molecule has 6 heteroatoms. The number of nitrogens with zero attached hydrogens (tertiary/aromatic N) is 1. The molecule has 0 saturated carbocycles. The largest absolute Gasteiger partial charge is 0.406 e. The molecule has 3 nitrogen and oxygen atoms in total. The highest BCUT2D eigenvalue weighted by Crippen LogP contribution is 2.19. The van der Waals surface area contributed by atoms with Gasteiger partial charge in [0.1, 0.15) is 6.54 Å². The molecular formula is C12H11F3N2O. The third-order valence-electron chi connectivity index (χ3n) is 2.56. The van der Waals surface area contributed by atoms with Gasteiger partial charge in [0.05, 0.1) is 0 Å². The average molecular weight is 256 g/mol. The van der Waals surface area contributed by atoms with Crippen molar-refractivity contribution in [2.75, 3.05) is 13.6 Å². The van der Waals surface area contributed by atoms with E-state index in [9.17, 15) is 18.0 Å². The molecule has 1 aromatic heterocycles. The SMILES string of the molecule is CN(CC(F)(F)F)C(=O)c1ccc2[nH]ccc2c1. The van der Waals surface area contributed by atoms with Crippen molar-refractivity contribution in [3.05, 3.63) is 36.0 Å². The van der Waals surface area contributed by atoms with Crippen molar-refractivity contribution in [1.82, 2.24) is 9.88 Å². The zero-order valence-corrected chi connectivity index (χ0v) is 9.58. The van der Waals surface area contributed by atoms with E-state index in [2.05, 4.69) is 4.98 Å². The molecule has 1 amide bonds. The summed E-state index contributed by atoms with van der Waals surface area (Å²) in [6.45, 7) is -1.25. The molecule has 0 aliphatic heterocycles. The number of alkyl halides is 3. The molecule has 18 heavy (non-hydrogen) atoms. The number of carbonyl (C=O) groups is 1. The minimum Gasteiger partial charge on any atom is -0.361 e. The molecule has 0 saturated heterocycles. The maximum absolute atomic E-state index is 12.2. The van der Waals surface area contributed by atoms with Crippen LogP contribution in [0, 0.1) is 0 Å². The number of fused-ring (bicyclic) bond motifs is 1. The van der Waals surface area contributed by atoms with Gasteiger partial charge in [-0.15, -0.1) is 0 Å². The lowest BCUT2D eigenvalue weighted by Crippen LogP contribution is -2.35. The smallest absolute Gasteiger partial charge is 0.361 e. The Kier molecular flexibility index (Phi) is 3.02. The van der Waals surface area contributed by atoms with Crippen molar-refractivity contribution in [3.8, 4) is 0 Å². The fourth-order valence-electron chi connectivity index (χ4n) is 1.75. The van der Waals surface area contributed by atoms with Gasteiger partial charge >= 0.3 is 6.18 Å². The molecular weight excluding hydrogens is 245 g/mol. The molecule has 0 fully saturated rings. The number of nitrogens with one attached hydrogen (secondary N) is 1. The highest BCUT2D eigenvalue weighted by Gasteiger charge is 2.31. The molecule has 0 bridgehead atoms. The summed E-state index contributed by atoms with van der Waals surface area (Å²) >= 11 is 0. The van der Waals surface area contributed by atoms with Crippen LogP contribution >= 0.6 is 0 Å². The summed E-state index contributed by atoms with van der Waals surface area (Å²) in [5.74, 6) is -0.643. The summed E-state index contributed by atoms with van der Waals surface area (Å²) in [6, 6.07) is 6.51. The molecule has 1 N–H and O–H groups in total. The number of hydrogen-bond acceptors (Lipinski definition) is 1. The highest BCUT2D eigenvalue weighted by atomic mass is 19.4. The van der Waals surface area contributed by atoms with E-state index in [1.165, 1.54) is 6.07 Å². The van der Waals surface area contributed by atoms with Crippen LogP contribution in [0.2, 0.25) is 0 Å². The molecule has 2 rings (SSSR count). The molecule has 0 atom stereocenters. The van der Waals surface area contributed by atoms with Gasteiger partial charge in [0, 0.05) is 29.7 Å². The van der Waals surface area contributed by atoms with Crippen molar-refractivity contribution in [3.63, 3.8) is 0 Å². The topological polar surface area (TPSA) is 36.1 Å². The minimum atomic E-state index is -4.39. The minimum absolute atomic E-state index is 0.244. The fourth-order valence-corrected chi connectivity index (χ4v) is 1.75. The van der Waals surface area contributed by atoms with E-state index < -0.39 is 18.6 Å². The first-order valence-corrected chi connectivity index (χ1v) is 5.26. The van der Waals surface area contributed by atoms with Crippen molar-refractivity contribution in [2.45, 2.75) is 6.18 Å². The predicted molar refractivity (Wildman–Crippen MR) is 61.3 cm³/mol. The van der Waals surface area contributed by atoms with Gasteiger partial charge in [-0.1, -0.05) is 0 Å². The van der Waals surface area contributed by atoms with Gasteiger partial charge in [-0.25, -0.2) is 0 Å². The zero-order chi connectivity index (χ0) is 13.3. The van der Waals surface area contributed by atoms with Gasteiger partial charge in [0.15, 0.2) is 0 Å². The number of benzene rings is 1. The Bertz CT molecular complexity index is 574. The summed E-state index contributed by atoms with van der Waals surface area (Å²) in [5.41, 5.74) is 1.08. The van der Waals surface area contributed by atoms with E-state index in [0.29, 0.717) is 4.90 Å². The number of H-pyrrole nitrogens is 1. The number of aromatic nitrogens is 1. The van der Waals surface area contributed by atoms with E-state index >= 15 is 0 Å². The lowest BCUT2D eigenvalue weighted by Gasteiger charge is -2.18. The van der Waals surface area contributed by atoms with Crippen molar-refractivity contribution in [1.29, 1.82) is 0 Å². The maximum Gasteiger partial charge on any atom is 0.406 e. The number of rotatable bonds is 2. The molecule has 0 unspecified atom stereocenters. The molecule has 0 radical (unpaired) electrons. The molecule has 0 spiro atoms. The number of carbonyl (C=O) groups excluding carboxylic acids is 1. The van der Waals surface area contributed by atoms with E-state index in [-0.39, 0.29) is 5.56 Å². The van der Waals surface area contributed by atoms with Gasteiger partial charge in [-0.05, 0) is 24.3 Å². The van der Waals surface area contributed by atoms with Crippen LogP contribution in [0.3, 0.4) is 0 Å². The van der Waals surface area contributed by atoms with Gasteiger partial charge < -0.3 is 9.88 Å². The summed E-state index contributed by atoms with van der Waals surface area (Å²) < 4.78 is 36.6. The Labute approximate surface area is 101 Å². The average Bonchev–Trinajstić information content (AvgIpc) is 2.72. The monoisotopic (exact) mass is 256 g/mol. The molecule has 1 heterocycles. The van der Waals surface area contributed by atoms with Crippen LogP contribution in [0.4, 0.5) is 13.2 Å². The van der Waals surface area contributed by atoms with E-state index in [1.807, 2.05) is 0 Å². The summed E-state index contributed by atoms with van der Waals surface area (Å²) in [7, 11) is 1.14. The van der Waals surface area contributed by atoms with Gasteiger partial charge in [0.2, 0.25) is 0 Å². The Balaban J connectivity index is 2.22. The first kappa shape index (κ1) is 12.5. The van der Waals surface area contributed by atoms with E-state index in [1.54, 1.807) is 24.4 Å². The lowest BCUT2D eigenvalue weighted by atomic mass is 10.1. The number of amides is 1. The Hall–Kier alpha value is -1.98. The zero-order valence-electron chi connectivity index (χ0n) is 9.58. The van der Waals surface area contributed by atoms with E-state index in [0.717, 1.165) is 18.0 Å². The normalized spacial score (nSPS) is 11.8. The second kappa shape index (κ2) is 4.36. The summed E-state index contributed by atoms with van der Waals surface area (Å²) in [6.07, 6.45) is -2.68. The fraction of sp³-hybridized carbons (Fsp3) is 0.250. The first-order valence-electron chi connectivity index (χ1n) is 5.26. The van der Waals surface area contributed by atoms with Gasteiger partial charge in [-0.2, -0.15) is 13.2 Å². The molecule has 0 aliphatic rings. The standard InChI is InChI=1S/C12H11F3N2O/c1-17(7-12(13,14)15)11(18)9-2-3-10-8(6-9)4-5-16-10/h2-6,16H,7H2,1H3. The van der Waals surface area contributed by atoms with Crippen LogP contribution in [-0.2, 0) is 0 Å². The lowest BCUT2D eigenvalue weighted by molar-refractivity contribution is -0.138.